The first-order valence-electron chi connectivity index (χ1n) is 6.44. The summed E-state index contributed by atoms with van der Waals surface area (Å²) in [7, 11) is 0. The predicted molar refractivity (Wildman–Crippen MR) is 79.2 cm³/mol. The molecule has 1 aliphatic rings. The summed E-state index contributed by atoms with van der Waals surface area (Å²) < 4.78 is 5.40. The Kier molecular flexibility index (Phi) is 4.48. The Morgan fingerprint density at radius 3 is 2.81 bits per heavy atom. The average Bonchev–Trinajstić information content (AvgIpc) is 2.68. The summed E-state index contributed by atoms with van der Waals surface area (Å²) in [5.41, 5.74) is 0.172. The van der Waals surface area contributed by atoms with Gasteiger partial charge in [0.1, 0.15) is 0 Å². The minimum absolute atomic E-state index is 0.239. The molecule has 1 unspecified atom stereocenters. The lowest BCUT2D eigenvalue weighted by Gasteiger charge is -2.26. The maximum absolute atomic E-state index is 12.1. The quantitative estimate of drug-likeness (QED) is 0.664. The molecule has 0 fully saturated rings. The second-order valence-electron chi connectivity index (χ2n) is 5.06. The number of aromatic nitrogens is 2. The van der Waals surface area contributed by atoms with Crippen molar-refractivity contribution in [3.05, 3.63) is 11.8 Å². The van der Waals surface area contributed by atoms with Crippen LogP contribution in [0.2, 0.25) is 0 Å². The molecule has 1 atom stereocenters. The van der Waals surface area contributed by atoms with Gasteiger partial charge in [-0.3, -0.25) is 4.79 Å². The summed E-state index contributed by atoms with van der Waals surface area (Å²) in [6.45, 7) is 4.90. The SMILES string of the molecule is CSc1nc(C)cc(OCC(=O)N2N=C(C)CC2(C)O)n1. The standard InChI is InChI=1S/C13H18N4O3S/c1-8-5-10(15-12(14-8)21-4)20-7-11(18)17-13(3,19)6-9(2)16-17/h5,19H,6-7H2,1-4H3. The van der Waals surface area contributed by atoms with Gasteiger partial charge in [-0.15, -0.1) is 0 Å². The van der Waals surface area contributed by atoms with E-state index < -0.39 is 11.6 Å². The molecule has 114 valence electrons. The molecule has 1 aromatic heterocycles. The van der Waals surface area contributed by atoms with Crippen LogP contribution in [-0.2, 0) is 4.79 Å². The second kappa shape index (κ2) is 5.98. The molecule has 8 heteroatoms. The highest BCUT2D eigenvalue weighted by Crippen LogP contribution is 2.24. The van der Waals surface area contributed by atoms with Crippen LogP contribution >= 0.6 is 11.8 Å². The number of hydrazone groups is 1. The lowest BCUT2D eigenvalue weighted by molar-refractivity contribution is -0.154. The van der Waals surface area contributed by atoms with Crippen molar-refractivity contribution < 1.29 is 14.6 Å². The molecule has 0 spiro atoms. The monoisotopic (exact) mass is 310 g/mol. The third-order valence-electron chi connectivity index (χ3n) is 2.89. The van der Waals surface area contributed by atoms with Crippen LogP contribution in [-0.4, -0.2) is 50.3 Å². The minimum Gasteiger partial charge on any atom is -0.467 e. The predicted octanol–water partition coefficient (Wildman–Crippen LogP) is 1.20. The first-order chi connectivity index (χ1) is 9.81. The number of hydrogen-bond acceptors (Lipinski definition) is 7. The number of aliphatic hydroxyl groups is 1. The first-order valence-corrected chi connectivity index (χ1v) is 7.66. The van der Waals surface area contributed by atoms with Gasteiger partial charge in [-0.25, -0.2) is 4.98 Å². The highest BCUT2D eigenvalue weighted by Gasteiger charge is 2.39. The van der Waals surface area contributed by atoms with Gasteiger partial charge in [0.25, 0.3) is 5.91 Å². The third kappa shape index (κ3) is 3.70. The van der Waals surface area contributed by atoms with Crippen LogP contribution in [0.1, 0.15) is 26.0 Å². The fraction of sp³-hybridized carbons (Fsp3) is 0.538. The van der Waals surface area contributed by atoms with Crippen molar-refractivity contribution in [2.45, 2.75) is 38.1 Å². The smallest absolute Gasteiger partial charge is 0.283 e. The number of rotatable bonds is 4. The van der Waals surface area contributed by atoms with Crippen LogP contribution in [0.3, 0.4) is 0 Å². The van der Waals surface area contributed by atoms with Crippen molar-refractivity contribution in [1.29, 1.82) is 0 Å². The Labute approximate surface area is 127 Å². The van der Waals surface area contributed by atoms with Gasteiger partial charge in [0.05, 0.1) is 0 Å². The summed E-state index contributed by atoms with van der Waals surface area (Å²) in [4.78, 5) is 20.5. The molecule has 7 nitrogen and oxygen atoms in total. The van der Waals surface area contributed by atoms with Crippen LogP contribution in [0, 0.1) is 6.92 Å². The maximum Gasteiger partial charge on any atom is 0.283 e. The van der Waals surface area contributed by atoms with Crippen molar-refractivity contribution >= 4 is 23.4 Å². The lowest BCUT2D eigenvalue weighted by Crippen LogP contribution is -2.45. The van der Waals surface area contributed by atoms with Crippen molar-refractivity contribution in [1.82, 2.24) is 15.0 Å². The van der Waals surface area contributed by atoms with Gasteiger partial charge >= 0.3 is 0 Å². The van der Waals surface area contributed by atoms with E-state index in [1.54, 1.807) is 19.9 Å². The number of thioether (sulfide) groups is 1. The molecular weight excluding hydrogens is 292 g/mol. The van der Waals surface area contributed by atoms with Crippen LogP contribution in [0.5, 0.6) is 5.88 Å². The average molecular weight is 310 g/mol. The van der Waals surface area contributed by atoms with Gasteiger partial charge in [-0.1, -0.05) is 11.8 Å². The first kappa shape index (κ1) is 15.7. The normalized spacial score (nSPS) is 21.4. The zero-order valence-electron chi connectivity index (χ0n) is 12.5. The van der Waals surface area contributed by atoms with E-state index in [9.17, 15) is 9.90 Å². The minimum atomic E-state index is -1.30. The van der Waals surface area contributed by atoms with Gasteiger partial charge in [0, 0.05) is 23.9 Å². The van der Waals surface area contributed by atoms with Gasteiger partial charge in [0.2, 0.25) is 5.88 Å². The third-order valence-corrected chi connectivity index (χ3v) is 3.44. The number of hydrogen-bond donors (Lipinski definition) is 1. The molecule has 0 saturated heterocycles. The van der Waals surface area contributed by atoms with Crippen molar-refractivity contribution in [3.63, 3.8) is 0 Å². The fourth-order valence-corrected chi connectivity index (χ4v) is 2.49. The number of amides is 1. The maximum atomic E-state index is 12.1. The molecular formula is C13H18N4O3S. The Morgan fingerprint density at radius 2 is 2.24 bits per heavy atom. The Bertz CT molecular complexity index is 589. The Balaban J connectivity index is 2.03. The molecule has 0 aliphatic carbocycles. The summed E-state index contributed by atoms with van der Waals surface area (Å²) in [6.07, 6.45) is 2.20. The van der Waals surface area contributed by atoms with E-state index in [-0.39, 0.29) is 6.61 Å². The van der Waals surface area contributed by atoms with Gasteiger partial charge in [-0.05, 0) is 27.0 Å². The van der Waals surface area contributed by atoms with E-state index in [0.717, 1.165) is 10.7 Å². The van der Waals surface area contributed by atoms with Crippen LogP contribution in [0.15, 0.2) is 16.3 Å². The van der Waals surface area contributed by atoms with E-state index in [0.29, 0.717) is 23.2 Å². The van der Waals surface area contributed by atoms with E-state index in [2.05, 4.69) is 15.1 Å². The molecule has 0 aromatic carbocycles. The Hall–Kier alpha value is -1.67. The van der Waals surface area contributed by atoms with Gasteiger partial charge in [-0.2, -0.15) is 15.1 Å². The molecule has 1 aliphatic heterocycles. The van der Waals surface area contributed by atoms with E-state index >= 15 is 0 Å². The van der Waals surface area contributed by atoms with E-state index in [4.69, 9.17) is 4.74 Å². The molecule has 0 bridgehead atoms. The largest absolute Gasteiger partial charge is 0.467 e. The summed E-state index contributed by atoms with van der Waals surface area (Å²) in [5.74, 6) is -0.0847. The Morgan fingerprint density at radius 1 is 1.52 bits per heavy atom. The van der Waals surface area contributed by atoms with E-state index in [1.807, 2.05) is 13.2 Å². The fourth-order valence-electron chi connectivity index (χ4n) is 2.07. The number of carbonyl (C=O) groups is 1. The molecule has 1 aromatic rings. The highest BCUT2D eigenvalue weighted by molar-refractivity contribution is 7.98. The topological polar surface area (TPSA) is 87.9 Å². The molecule has 21 heavy (non-hydrogen) atoms. The van der Waals surface area contributed by atoms with Crippen LogP contribution in [0.25, 0.3) is 0 Å². The number of carbonyl (C=O) groups excluding carboxylic acids is 1. The van der Waals surface area contributed by atoms with Gasteiger partial charge in [0.15, 0.2) is 17.5 Å². The van der Waals surface area contributed by atoms with Crippen LogP contribution in [0.4, 0.5) is 0 Å². The van der Waals surface area contributed by atoms with Gasteiger partial charge < -0.3 is 9.84 Å². The summed E-state index contributed by atoms with van der Waals surface area (Å²) in [5, 5.41) is 15.8. The number of ether oxygens (including phenoxy) is 1. The molecule has 2 heterocycles. The van der Waals surface area contributed by atoms with Crippen molar-refractivity contribution in [2.24, 2.45) is 5.10 Å². The number of aryl methyl sites for hydroxylation is 1. The van der Waals surface area contributed by atoms with Crippen LogP contribution < -0.4 is 4.74 Å². The summed E-state index contributed by atoms with van der Waals surface area (Å²) >= 11 is 1.40. The lowest BCUT2D eigenvalue weighted by atomic mass is 10.1. The molecule has 1 N–H and O–H groups in total. The highest BCUT2D eigenvalue weighted by atomic mass is 32.2. The zero-order valence-corrected chi connectivity index (χ0v) is 13.3. The number of nitrogens with zero attached hydrogens (tertiary/aromatic N) is 4. The van der Waals surface area contributed by atoms with Crippen molar-refractivity contribution in [3.8, 4) is 5.88 Å². The summed E-state index contributed by atoms with van der Waals surface area (Å²) in [6, 6.07) is 1.66. The molecule has 1 amide bonds. The second-order valence-corrected chi connectivity index (χ2v) is 5.83. The molecule has 2 rings (SSSR count). The molecule has 0 radical (unpaired) electrons. The zero-order chi connectivity index (χ0) is 15.6. The van der Waals surface area contributed by atoms with E-state index in [1.165, 1.54) is 11.8 Å². The molecule has 0 saturated carbocycles. The van der Waals surface area contributed by atoms with Crippen molar-refractivity contribution in [2.75, 3.05) is 12.9 Å².